The summed E-state index contributed by atoms with van der Waals surface area (Å²) >= 11 is 0. The van der Waals surface area contributed by atoms with Gasteiger partial charge in [0.15, 0.2) is 11.5 Å². The third-order valence-electron chi connectivity index (χ3n) is 5.86. The smallest absolute Gasteiger partial charge is 0.337 e. The molecule has 10 nitrogen and oxygen atoms in total. The van der Waals surface area contributed by atoms with Gasteiger partial charge in [0.05, 0.1) is 32.2 Å². The second-order valence-corrected chi connectivity index (χ2v) is 8.13. The van der Waals surface area contributed by atoms with E-state index in [0.29, 0.717) is 35.7 Å². The van der Waals surface area contributed by atoms with Gasteiger partial charge in [0.25, 0.3) is 5.91 Å². The van der Waals surface area contributed by atoms with Crippen molar-refractivity contribution in [3.05, 3.63) is 76.6 Å². The van der Waals surface area contributed by atoms with Gasteiger partial charge in [-0.05, 0) is 43.2 Å². The number of ether oxygens (including phenoxy) is 2. The van der Waals surface area contributed by atoms with E-state index in [0.717, 1.165) is 22.3 Å². The fourth-order valence-electron chi connectivity index (χ4n) is 3.99. The lowest BCUT2D eigenvalue weighted by molar-refractivity contribution is 0.0951. The highest BCUT2D eigenvalue weighted by Gasteiger charge is 2.28. The zero-order chi connectivity index (χ0) is 24.9. The van der Waals surface area contributed by atoms with E-state index in [1.807, 2.05) is 31.2 Å². The van der Waals surface area contributed by atoms with Crippen molar-refractivity contribution in [3.63, 3.8) is 0 Å². The van der Waals surface area contributed by atoms with Crippen LogP contribution in [0.1, 0.15) is 39.5 Å². The first-order valence-electron chi connectivity index (χ1n) is 11.2. The summed E-state index contributed by atoms with van der Waals surface area (Å²) < 4.78 is 11.0. The Morgan fingerprint density at radius 2 is 1.86 bits per heavy atom. The van der Waals surface area contributed by atoms with Crippen LogP contribution < -0.4 is 20.1 Å². The van der Waals surface area contributed by atoms with Gasteiger partial charge in [-0.2, -0.15) is 10.2 Å². The highest BCUT2D eigenvalue weighted by Crippen LogP contribution is 2.34. The number of hydrogen-bond acceptors (Lipinski definition) is 6. The Labute approximate surface area is 203 Å². The Kier molecular flexibility index (Phi) is 7.00. The average molecular weight is 477 g/mol. The number of nitrogens with zero attached hydrogens (tertiary/aromatic N) is 3. The number of carbonyl (C=O) groups excluding carboxylic acids is 2. The second-order valence-electron chi connectivity index (χ2n) is 8.13. The van der Waals surface area contributed by atoms with E-state index in [4.69, 9.17) is 14.6 Å². The zero-order valence-corrected chi connectivity index (χ0v) is 20.1. The summed E-state index contributed by atoms with van der Waals surface area (Å²) in [5.74, 6) is 0.971. The van der Waals surface area contributed by atoms with Gasteiger partial charge in [0.1, 0.15) is 0 Å². The number of H-pyrrole nitrogens is 1. The molecule has 1 atom stereocenters. The standard InChI is InChI=1S/C25H28N6O4/c1-15-9-19-10-21(34-3)22(35-4)11-20(19)23(30-31(15)25(33)26-2)17-5-7-18(8-6-17)24(32)27-12-16-13-28-29-14-16/h5-8,10-11,13-15H,9,12H2,1-4H3,(H,26,33)(H,27,32)(H,28,29). The number of fused-ring (bicyclic) bond motifs is 1. The summed E-state index contributed by atoms with van der Waals surface area (Å²) in [5.41, 5.74) is 4.55. The number of urea groups is 1. The first-order chi connectivity index (χ1) is 16.9. The van der Waals surface area contributed by atoms with Gasteiger partial charge in [-0.1, -0.05) is 12.1 Å². The molecule has 2 aromatic carbocycles. The number of aromatic nitrogens is 2. The molecule has 35 heavy (non-hydrogen) atoms. The first-order valence-corrected chi connectivity index (χ1v) is 11.2. The van der Waals surface area contributed by atoms with E-state index in [1.54, 1.807) is 45.8 Å². The molecular weight excluding hydrogens is 448 g/mol. The topological polar surface area (TPSA) is 121 Å². The van der Waals surface area contributed by atoms with Crippen molar-refractivity contribution >= 4 is 17.6 Å². The maximum absolute atomic E-state index is 12.6. The number of rotatable bonds is 6. The molecule has 3 aromatic rings. The van der Waals surface area contributed by atoms with Crippen molar-refractivity contribution < 1.29 is 19.1 Å². The van der Waals surface area contributed by atoms with E-state index in [2.05, 4.69) is 20.8 Å². The van der Waals surface area contributed by atoms with Crippen LogP contribution in [0, 0.1) is 0 Å². The molecule has 2 heterocycles. The maximum Gasteiger partial charge on any atom is 0.337 e. The van der Waals surface area contributed by atoms with Crippen LogP contribution in [0.2, 0.25) is 0 Å². The first kappa shape index (κ1) is 23.8. The van der Waals surface area contributed by atoms with Gasteiger partial charge in [-0.15, -0.1) is 0 Å². The van der Waals surface area contributed by atoms with Gasteiger partial charge in [-0.25, -0.2) is 9.80 Å². The molecule has 0 radical (unpaired) electrons. The second kappa shape index (κ2) is 10.3. The average Bonchev–Trinajstić information content (AvgIpc) is 3.36. The summed E-state index contributed by atoms with van der Waals surface area (Å²) in [7, 11) is 4.74. The molecule has 1 aliphatic heterocycles. The monoisotopic (exact) mass is 476 g/mol. The van der Waals surface area contributed by atoms with Crippen molar-refractivity contribution in [2.45, 2.75) is 25.9 Å². The Bertz CT molecular complexity index is 1240. The van der Waals surface area contributed by atoms with Crippen molar-refractivity contribution in [1.82, 2.24) is 25.8 Å². The minimum atomic E-state index is -0.308. The van der Waals surface area contributed by atoms with Crippen LogP contribution in [0.5, 0.6) is 11.5 Å². The summed E-state index contributed by atoms with van der Waals surface area (Å²) in [6.45, 7) is 2.31. The third kappa shape index (κ3) is 4.96. The number of methoxy groups -OCH3 is 2. The Balaban J connectivity index is 1.71. The molecule has 182 valence electrons. The molecule has 1 aliphatic rings. The van der Waals surface area contributed by atoms with Gasteiger partial charge in [0, 0.05) is 42.0 Å². The number of amides is 3. The van der Waals surface area contributed by atoms with Crippen molar-refractivity contribution in [1.29, 1.82) is 0 Å². The molecule has 0 saturated carbocycles. The number of hydrazone groups is 1. The quantitative estimate of drug-likeness (QED) is 0.505. The predicted molar refractivity (Wildman–Crippen MR) is 131 cm³/mol. The molecule has 10 heteroatoms. The lowest BCUT2D eigenvalue weighted by Gasteiger charge is -2.22. The molecule has 4 rings (SSSR count). The van der Waals surface area contributed by atoms with Crippen molar-refractivity contribution in [2.24, 2.45) is 5.10 Å². The number of benzene rings is 2. The number of hydrogen-bond donors (Lipinski definition) is 3. The van der Waals surface area contributed by atoms with Gasteiger partial charge < -0.3 is 20.1 Å². The molecule has 1 aromatic heterocycles. The molecule has 3 amide bonds. The van der Waals surface area contributed by atoms with Crippen LogP contribution in [-0.4, -0.2) is 60.2 Å². The lowest BCUT2D eigenvalue weighted by atomic mass is 9.93. The van der Waals surface area contributed by atoms with Crippen LogP contribution in [-0.2, 0) is 13.0 Å². The van der Waals surface area contributed by atoms with Crippen LogP contribution in [0.25, 0.3) is 0 Å². The summed E-state index contributed by atoms with van der Waals surface area (Å²) in [6.07, 6.45) is 3.96. The minimum absolute atomic E-state index is 0.197. The zero-order valence-electron chi connectivity index (χ0n) is 20.1. The Morgan fingerprint density at radius 1 is 1.14 bits per heavy atom. The number of aromatic amines is 1. The molecule has 0 spiro atoms. The molecule has 0 aliphatic carbocycles. The molecule has 1 unspecified atom stereocenters. The summed E-state index contributed by atoms with van der Waals surface area (Å²) in [4.78, 5) is 25.2. The molecule has 0 bridgehead atoms. The summed E-state index contributed by atoms with van der Waals surface area (Å²) in [5, 5.41) is 18.3. The van der Waals surface area contributed by atoms with E-state index in [-0.39, 0.29) is 18.0 Å². The highest BCUT2D eigenvalue weighted by atomic mass is 16.5. The Morgan fingerprint density at radius 3 is 2.49 bits per heavy atom. The van der Waals surface area contributed by atoms with Gasteiger partial charge in [0.2, 0.25) is 0 Å². The SMILES string of the molecule is CNC(=O)N1N=C(c2ccc(C(=O)NCc3cn[nH]c3)cc2)c2cc(OC)c(OC)cc2CC1C. The molecular formula is C25H28N6O4. The third-order valence-corrected chi connectivity index (χ3v) is 5.86. The van der Waals surface area contributed by atoms with E-state index in [9.17, 15) is 9.59 Å². The van der Waals surface area contributed by atoms with Crippen LogP contribution in [0.4, 0.5) is 4.79 Å². The Hall–Kier alpha value is -4.34. The van der Waals surface area contributed by atoms with E-state index < -0.39 is 0 Å². The normalized spacial score (nSPS) is 14.9. The maximum atomic E-state index is 12.6. The number of carbonyl (C=O) groups is 2. The minimum Gasteiger partial charge on any atom is -0.493 e. The highest BCUT2D eigenvalue weighted by molar-refractivity contribution is 6.15. The van der Waals surface area contributed by atoms with Crippen LogP contribution in [0.15, 0.2) is 53.9 Å². The largest absolute Gasteiger partial charge is 0.493 e. The van der Waals surface area contributed by atoms with Crippen LogP contribution in [0.3, 0.4) is 0 Å². The fraction of sp³-hybridized carbons (Fsp3) is 0.280. The predicted octanol–water partition coefficient (Wildman–Crippen LogP) is 2.70. The lowest BCUT2D eigenvalue weighted by Crippen LogP contribution is -2.41. The summed E-state index contributed by atoms with van der Waals surface area (Å²) in [6, 6.07) is 10.4. The fourth-order valence-corrected chi connectivity index (χ4v) is 3.99. The number of nitrogens with one attached hydrogen (secondary N) is 3. The molecule has 0 fully saturated rings. The van der Waals surface area contributed by atoms with Crippen molar-refractivity contribution in [3.8, 4) is 11.5 Å². The van der Waals surface area contributed by atoms with Gasteiger partial charge >= 0.3 is 6.03 Å². The van der Waals surface area contributed by atoms with E-state index in [1.165, 1.54) is 5.01 Å². The van der Waals surface area contributed by atoms with Gasteiger partial charge in [-0.3, -0.25) is 9.89 Å². The van der Waals surface area contributed by atoms with E-state index >= 15 is 0 Å². The van der Waals surface area contributed by atoms with Crippen molar-refractivity contribution in [2.75, 3.05) is 21.3 Å². The molecule has 0 saturated heterocycles. The molecule has 3 N–H and O–H groups in total. The van der Waals surface area contributed by atoms with Crippen LogP contribution >= 0.6 is 0 Å².